The number of hydrogen-bond acceptors (Lipinski definition) is 4. The van der Waals surface area contributed by atoms with Gasteiger partial charge in [0.25, 0.3) is 0 Å². The van der Waals surface area contributed by atoms with Gasteiger partial charge < -0.3 is 10.1 Å². The molecule has 1 aromatic rings. The van der Waals surface area contributed by atoms with Crippen LogP contribution in [0.25, 0.3) is 0 Å². The summed E-state index contributed by atoms with van der Waals surface area (Å²) >= 11 is 0. The lowest BCUT2D eigenvalue weighted by Crippen LogP contribution is -2.62. The van der Waals surface area contributed by atoms with Gasteiger partial charge in [-0.2, -0.15) is 5.26 Å². The second kappa shape index (κ2) is 5.19. The van der Waals surface area contributed by atoms with Crippen molar-refractivity contribution in [2.75, 3.05) is 24.7 Å². The van der Waals surface area contributed by atoms with E-state index in [1.165, 1.54) is 4.90 Å². The molecule has 0 aliphatic carbocycles. The van der Waals surface area contributed by atoms with Gasteiger partial charge in [0, 0.05) is 19.8 Å². The average Bonchev–Trinajstić information content (AvgIpc) is 2.53. The third-order valence-electron chi connectivity index (χ3n) is 4.14. The molecule has 1 aromatic carbocycles. The van der Waals surface area contributed by atoms with Crippen molar-refractivity contribution in [1.29, 1.82) is 5.26 Å². The van der Waals surface area contributed by atoms with Crippen LogP contribution in [0.1, 0.15) is 18.4 Å². The summed E-state index contributed by atoms with van der Waals surface area (Å²) in [5.74, 6) is -0.181. The van der Waals surface area contributed by atoms with E-state index in [1.54, 1.807) is 24.3 Å². The molecule has 2 heterocycles. The summed E-state index contributed by atoms with van der Waals surface area (Å²) in [4.78, 5) is 26.1. The minimum Gasteiger partial charge on any atom is -0.381 e. The lowest BCUT2D eigenvalue weighted by molar-refractivity contribution is -0.133. The van der Waals surface area contributed by atoms with Crippen molar-refractivity contribution in [3.05, 3.63) is 29.8 Å². The maximum Gasteiger partial charge on any atom is 0.328 e. The van der Waals surface area contributed by atoms with Crippen molar-refractivity contribution in [1.82, 2.24) is 5.32 Å². The molecule has 6 heteroatoms. The number of benzene rings is 1. The smallest absolute Gasteiger partial charge is 0.328 e. The number of nitriles is 1. The van der Waals surface area contributed by atoms with Crippen LogP contribution in [-0.4, -0.2) is 31.7 Å². The molecule has 0 bridgehead atoms. The number of imide groups is 1. The van der Waals surface area contributed by atoms with Crippen LogP contribution in [-0.2, 0) is 9.53 Å². The van der Waals surface area contributed by atoms with E-state index in [0.717, 1.165) is 0 Å². The van der Waals surface area contributed by atoms with E-state index < -0.39 is 11.4 Å². The number of anilines is 1. The monoisotopic (exact) mass is 285 g/mol. The summed E-state index contributed by atoms with van der Waals surface area (Å²) in [6.45, 7) is 1.42. The quantitative estimate of drug-likeness (QED) is 0.845. The van der Waals surface area contributed by atoms with Crippen LogP contribution in [0, 0.1) is 16.7 Å². The van der Waals surface area contributed by atoms with Gasteiger partial charge in [-0.25, -0.2) is 9.69 Å². The molecule has 21 heavy (non-hydrogen) atoms. The molecular weight excluding hydrogens is 270 g/mol. The first-order valence-electron chi connectivity index (χ1n) is 6.87. The number of urea groups is 1. The molecule has 2 aliphatic rings. The fourth-order valence-corrected chi connectivity index (χ4v) is 2.80. The average molecular weight is 285 g/mol. The van der Waals surface area contributed by atoms with Crippen LogP contribution >= 0.6 is 0 Å². The minimum absolute atomic E-state index is 0.181. The first-order chi connectivity index (χ1) is 10.2. The molecule has 0 unspecified atom stereocenters. The van der Waals surface area contributed by atoms with Gasteiger partial charge >= 0.3 is 6.03 Å². The van der Waals surface area contributed by atoms with E-state index in [4.69, 9.17) is 10.00 Å². The predicted molar refractivity (Wildman–Crippen MR) is 74.5 cm³/mol. The van der Waals surface area contributed by atoms with Crippen LogP contribution in [0.5, 0.6) is 0 Å². The Bertz CT molecular complexity index is 612. The van der Waals surface area contributed by atoms with Crippen molar-refractivity contribution < 1.29 is 14.3 Å². The van der Waals surface area contributed by atoms with Crippen molar-refractivity contribution >= 4 is 17.6 Å². The Morgan fingerprint density at radius 1 is 1.19 bits per heavy atom. The number of carbonyl (C=O) groups is 2. The Labute approximate surface area is 122 Å². The molecule has 3 amide bonds. The van der Waals surface area contributed by atoms with E-state index in [-0.39, 0.29) is 5.91 Å². The number of rotatable bonds is 1. The third kappa shape index (κ3) is 2.26. The highest BCUT2D eigenvalue weighted by Gasteiger charge is 2.48. The number of amides is 3. The van der Waals surface area contributed by atoms with Crippen molar-refractivity contribution in [2.24, 2.45) is 5.41 Å². The molecule has 3 rings (SSSR count). The van der Waals surface area contributed by atoms with Gasteiger partial charge in [-0.1, -0.05) is 0 Å². The SMILES string of the molecule is N#Cc1ccc(N2C(=O)NCC3(CCOCC3)C2=O)cc1. The van der Waals surface area contributed by atoms with Gasteiger partial charge in [0.05, 0.1) is 22.7 Å². The van der Waals surface area contributed by atoms with E-state index in [0.29, 0.717) is 43.9 Å². The zero-order chi connectivity index (χ0) is 14.9. The normalized spacial score (nSPS) is 21.0. The van der Waals surface area contributed by atoms with Gasteiger partial charge in [-0.3, -0.25) is 4.79 Å². The molecular formula is C15H15N3O3. The summed E-state index contributed by atoms with van der Waals surface area (Å²) in [5, 5.41) is 11.6. The number of nitrogens with one attached hydrogen (secondary N) is 1. The highest BCUT2D eigenvalue weighted by atomic mass is 16.5. The number of nitrogens with zero attached hydrogens (tertiary/aromatic N) is 2. The molecule has 6 nitrogen and oxygen atoms in total. The molecule has 1 spiro atoms. The molecule has 0 radical (unpaired) electrons. The molecule has 108 valence electrons. The fourth-order valence-electron chi connectivity index (χ4n) is 2.80. The summed E-state index contributed by atoms with van der Waals surface area (Å²) in [5.41, 5.74) is 0.409. The van der Waals surface area contributed by atoms with Crippen molar-refractivity contribution in [2.45, 2.75) is 12.8 Å². The molecule has 0 saturated carbocycles. The van der Waals surface area contributed by atoms with Crippen LogP contribution in [0.15, 0.2) is 24.3 Å². The van der Waals surface area contributed by atoms with E-state index in [9.17, 15) is 9.59 Å². The van der Waals surface area contributed by atoms with Crippen molar-refractivity contribution in [3.8, 4) is 6.07 Å². The number of ether oxygens (including phenoxy) is 1. The molecule has 2 saturated heterocycles. The fraction of sp³-hybridized carbons (Fsp3) is 0.400. The maximum atomic E-state index is 12.8. The van der Waals surface area contributed by atoms with E-state index in [2.05, 4.69) is 5.32 Å². The first-order valence-corrected chi connectivity index (χ1v) is 6.87. The molecule has 1 N–H and O–H groups in total. The van der Waals surface area contributed by atoms with Crippen LogP contribution < -0.4 is 10.2 Å². The summed E-state index contributed by atoms with van der Waals surface area (Å²) in [6, 6.07) is 8.04. The Morgan fingerprint density at radius 3 is 2.48 bits per heavy atom. The van der Waals surface area contributed by atoms with Crippen molar-refractivity contribution in [3.63, 3.8) is 0 Å². The van der Waals surface area contributed by atoms with Gasteiger partial charge in [0.15, 0.2) is 0 Å². The minimum atomic E-state index is -0.569. The molecule has 2 aliphatic heterocycles. The highest BCUT2D eigenvalue weighted by Crippen LogP contribution is 2.36. The van der Waals surface area contributed by atoms with Crippen LogP contribution in [0.2, 0.25) is 0 Å². The first kappa shape index (κ1) is 13.6. The summed E-state index contributed by atoms with van der Waals surface area (Å²) in [6.07, 6.45) is 1.22. The molecule has 0 aromatic heterocycles. The second-order valence-corrected chi connectivity index (χ2v) is 5.35. The largest absolute Gasteiger partial charge is 0.381 e. The zero-order valence-corrected chi connectivity index (χ0v) is 11.5. The Morgan fingerprint density at radius 2 is 1.86 bits per heavy atom. The van der Waals surface area contributed by atoms with E-state index in [1.807, 2.05) is 6.07 Å². The lowest BCUT2D eigenvalue weighted by atomic mass is 9.77. The van der Waals surface area contributed by atoms with Gasteiger partial charge in [0.2, 0.25) is 5.91 Å². The van der Waals surface area contributed by atoms with Crippen LogP contribution in [0.3, 0.4) is 0 Å². The van der Waals surface area contributed by atoms with Crippen LogP contribution in [0.4, 0.5) is 10.5 Å². The topological polar surface area (TPSA) is 82.4 Å². The number of carbonyl (C=O) groups excluding carboxylic acids is 2. The Kier molecular flexibility index (Phi) is 3.35. The van der Waals surface area contributed by atoms with Gasteiger partial charge in [-0.05, 0) is 37.1 Å². The molecule has 0 atom stereocenters. The standard InChI is InChI=1S/C15H15N3O3/c16-9-11-1-3-12(4-2-11)18-13(19)15(10-17-14(18)20)5-7-21-8-6-15/h1-4H,5-8,10H2,(H,17,20). The summed E-state index contributed by atoms with van der Waals surface area (Å²) in [7, 11) is 0. The Balaban J connectivity index is 1.93. The summed E-state index contributed by atoms with van der Waals surface area (Å²) < 4.78 is 5.32. The van der Waals surface area contributed by atoms with Gasteiger partial charge in [0.1, 0.15) is 0 Å². The third-order valence-corrected chi connectivity index (χ3v) is 4.14. The van der Waals surface area contributed by atoms with E-state index >= 15 is 0 Å². The molecule has 2 fully saturated rings. The Hall–Kier alpha value is -2.39. The maximum absolute atomic E-state index is 12.8. The predicted octanol–water partition coefficient (Wildman–Crippen LogP) is 1.41. The number of hydrogen-bond donors (Lipinski definition) is 1. The van der Waals surface area contributed by atoms with Gasteiger partial charge in [-0.15, -0.1) is 0 Å². The zero-order valence-electron chi connectivity index (χ0n) is 11.5. The second-order valence-electron chi connectivity index (χ2n) is 5.35. The highest BCUT2D eigenvalue weighted by molar-refractivity contribution is 6.18. The lowest BCUT2D eigenvalue weighted by Gasteiger charge is -2.42.